The van der Waals surface area contributed by atoms with E-state index in [0.29, 0.717) is 12.4 Å². The van der Waals surface area contributed by atoms with Gasteiger partial charge in [-0.05, 0) is 33.9 Å². The molecule has 1 atom stereocenters. The Bertz CT molecular complexity index is 578. The zero-order valence-corrected chi connectivity index (χ0v) is 13.0. The fraction of sp³-hybridized carbons (Fsp3) is 0.400. The Balaban J connectivity index is 2.17. The van der Waals surface area contributed by atoms with E-state index in [0.717, 1.165) is 16.3 Å². The topological polar surface area (TPSA) is 34.1 Å². The molecule has 0 saturated carbocycles. The van der Waals surface area contributed by atoms with Gasteiger partial charge in [0.15, 0.2) is 0 Å². The number of nitrogens with zero attached hydrogens (tertiary/aromatic N) is 1. The molecular weight excluding hydrogens is 275 g/mol. The summed E-state index contributed by atoms with van der Waals surface area (Å²) in [5.41, 5.74) is 1.97. The van der Waals surface area contributed by atoms with Gasteiger partial charge in [-0.3, -0.25) is 0 Å². The summed E-state index contributed by atoms with van der Waals surface area (Å²) in [5, 5.41) is 4.05. The number of aromatic nitrogens is 1. The number of halogens is 1. The molecule has 2 rings (SSSR count). The monoisotopic (exact) mass is 294 g/mol. The van der Waals surface area contributed by atoms with Crippen LogP contribution in [-0.4, -0.2) is 12.0 Å². The maximum atomic E-state index is 13.4. The Hall–Kier alpha value is -1.46. The number of benzene rings is 1. The third kappa shape index (κ3) is 3.35. The second kappa shape index (κ2) is 6.33. The maximum Gasteiger partial charge on any atom is 0.140 e. The fourth-order valence-corrected chi connectivity index (χ4v) is 2.73. The SMILES string of the molecule is CNC(C)c1ccc(F)cc1OCc1nc(C)c(C)s1. The number of hydrogen-bond acceptors (Lipinski definition) is 4. The van der Waals surface area contributed by atoms with E-state index >= 15 is 0 Å². The average Bonchev–Trinajstić information content (AvgIpc) is 2.75. The molecule has 5 heteroatoms. The number of hydrogen-bond donors (Lipinski definition) is 1. The zero-order chi connectivity index (χ0) is 14.7. The summed E-state index contributed by atoms with van der Waals surface area (Å²) in [6.45, 7) is 6.39. The molecule has 0 saturated heterocycles. The molecule has 108 valence electrons. The number of ether oxygens (including phenoxy) is 1. The van der Waals surface area contributed by atoms with E-state index < -0.39 is 0 Å². The molecule has 0 bridgehead atoms. The van der Waals surface area contributed by atoms with Crippen molar-refractivity contribution in [2.75, 3.05) is 7.05 Å². The highest BCUT2D eigenvalue weighted by atomic mass is 32.1. The van der Waals surface area contributed by atoms with Crippen LogP contribution in [-0.2, 0) is 6.61 Å². The van der Waals surface area contributed by atoms with Gasteiger partial charge in [-0.25, -0.2) is 9.37 Å². The molecule has 0 aliphatic rings. The summed E-state index contributed by atoms with van der Waals surface area (Å²) in [4.78, 5) is 5.61. The highest BCUT2D eigenvalue weighted by Gasteiger charge is 2.12. The first kappa shape index (κ1) is 14.9. The van der Waals surface area contributed by atoms with Crippen molar-refractivity contribution in [3.8, 4) is 5.75 Å². The molecule has 1 aromatic heterocycles. The van der Waals surface area contributed by atoms with Crippen molar-refractivity contribution < 1.29 is 9.13 Å². The molecule has 1 unspecified atom stereocenters. The van der Waals surface area contributed by atoms with Crippen LogP contribution in [0, 0.1) is 19.7 Å². The van der Waals surface area contributed by atoms with Crippen LogP contribution in [0.2, 0.25) is 0 Å². The molecule has 0 aliphatic carbocycles. The van der Waals surface area contributed by atoms with E-state index in [-0.39, 0.29) is 11.9 Å². The Morgan fingerprint density at radius 1 is 1.40 bits per heavy atom. The molecule has 0 amide bonds. The zero-order valence-electron chi connectivity index (χ0n) is 12.2. The van der Waals surface area contributed by atoms with Crippen molar-refractivity contribution in [3.05, 3.63) is 45.2 Å². The van der Waals surface area contributed by atoms with Gasteiger partial charge in [0.25, 0.3) is 0 Å². The van der Waals surface area contributed by atoms with Crippen LogP contribution in [0.1, 0.15) is 34.1 Å². The van der Waals surface area contributed by atoms with Crippen LogP contribution in [0.3, 0.4) is 0 Å². The summed E-state index contributed by atoms with van der Waals surface area (Å²) >= 11 is 1.61. The summed E-state index contributed by atoms with van der Waals surface area (Å²) in [6, 6.07) is 4.74. The van der Waals surface area contributed by atoms with Gasteiger partial charge < -0.3 is 10.1 Å². The van der Waals surface area contributed by atoms with Gasteiger partial charge in [-0.2, -0.15) is 0 Å². The van der Waals surface area contributed by atoms with E-state index in [9.17, 15) is 4.39 Å². The lowest BCUT2D eigenvalue weighted by molar-refractivity contribution is 0.298. The fourth-order valence-electron chi connectivity index (χ4n) is 1.89. The summed E-state index contributed by atoms with van der Waals surface area (Å²) in [5.74, 6) is 0.274. The first-order valence-corrected chi connectivity index (χ1v) is 7.35. The van der Waals surface area contributed by atoms with E-state index in [4.69, 9.17) is 4.74 Å². The Morgan fingerprint density at radius 3 is 2.75 bits per heavy atom. The summed E-state index contributed by atoms with van der Waals surface area (Å²) in [6.07, 6.45) is 0. The Labute approximate surface area is 122 Å². The van der Waals surface area contributed by atoms with Crippen molar-refractivity contribution in [1.29, 1.82) is 0 Å². The molecule has 20 heavy (non-hydrogen) atoms. The first-order valence-electron chi connectivity index (χ1n) is 6.53. The van der Waals surface area contributed by atoms with Crippen LogP contribution in [0.4, 0.5) is 4.39 Å². The minimum atomic E-state index is -0.293. The minimum absolute atomic E-state index is 0.102. The van der Waals surface area contributed by atoms with E-state index in [1.54, 1.807) is 17.4 Å². The van der Waals surface area contributed by atoms with Crippen LogP contribution in [0.25, 0.3) is 0 Å². The van der Waals surface area contributed by atoms with Crippen LogP contribution < -0.4 is 10.1 Å². The van der Waals surface area contributed by atoms with Gasteiger partial charge in [-0.15, -0.1) is 11.3 Å². The van der Waals surface area contributed by atoms with Crippen molar-refractivity contribution in [2.45, 2.75) is 33.4 Å². The van der Waals surface area contributed by atoms with E-state index in [2.05, 4.69) is 10.3 Å². The molecule has 1 heterocycles. The number of aryl methyl sites for hydroxylation is 2. The molecule has 0 fully saturated rings. The second-order valence-electron chi connectivity index (χ2n) is 4.73. The van der Waals surface area contributed by atoms with Crippen molar-refractivity contribution >= 4 is 11.3 Å². The van der Waals surface area contributed by atoms with Crippen molar-refractivity contribution in [2.24, 2.45) is 0 Å². The average molecular weight is 294 g/mol. The molecule has 3 nitrogen and oxygen atoms in total. The molecule has 0 aliphatic heterocycles. The van der Waals surface area contributed by atoms with Crippen LogP contribution in [0.15, 0.2) is 18.2 Å². The van der Waals surface area contributed by atoms with Gasteiger partial charge in [-0.1, -0.05) is 6.07 Å². The second-order valence-corrected chi connectivity index (χ2v) is 6.02. The molecule has 2 aromatic rings. The predicted molar refractivity (Wildman–Crippen MR) is 79.8 cm³/mol. The standard InChI is InChI=1S/C15H19FN2OS/c1-9-11(3)20-15(18-9)8-19-14-7-12(16)5-6-13(14)10(2)17-4/h5-7,10,17H,8H2,1-4H3. The minimum Gasteiger partial charge on any atom is -0.486 e. The van der Waals surface area contributed by atoms with Crippen LogP contribution in [0.5, 0.6) is 5.75 Å². The highest BCUT2D eigenvalue weighted by molar-refractivity contribution is 7.11. The molecule has 1 N–H and O–H groups in total. The molecule has 0 radical (unpaired) electrons. The smallest absolute Gasteiger partial charge is 0.140 e. The Morgan fingerprint density at radius 2 is 2.15 bits per heavy atom. The number of thiazole rings is 1. The lowest BCUT2D eigenvalue weighted by Gasteiger charge is -2.16. The van der Waals surface area contributed by atoms with Gasteiger partial charge in [0, 0.05) is 22.5 Å². The largest absolute Gasteiger partial charge is 0.486 e. The van der Waals surface area contributed by atoms with Gasteiger partial charge >= 0.3 is 0 Å². The lowest BCUT2D eigenvalue weighted by atomic mass is 10.1. The normalized spacial score (nSPS) is 12.4. The Kier molecular flexibility index (Phi) is 4.73. The van der Waals surface area contributed by atoms with Crippen LogP contribution >= 0.6 is 11.3 Å². The summed E-state index contributed by atoms with van der Waals surface area (Å²) in [7, 11) is 1.87. The van der Waals surface area contributed by atoms with Gasteiger partial charge in [0.1, 0.15) is 23.2 Å². The molecular formula is C15H19FN2OS. The van der Waals surface area contributed by atoms with E-state index in [1.165, 1.54) is 17.0 Å². The van der Waals surface area contributed by atoms with Crippen molar-refractivity contribution in [3.63, 3.8) is 0 Å². The van der Waals surface area contributed by atoms with Gasteiger partial charge in [0.05, 0.1) is 5.69 Å². The summed E-state index contributed by atoms with van der Waals surface area (Å²) < 4.78 is 19.2. The lowest BCUT2D eigenvalue weighted by Crippen LogP contribution is -2.14. The quantitative estimate of drug-likeness (QED) is 0.911. The van der Waals surface area contributed by atoms with Gasteiger partial charge in [0.2, 0.25) is 0 Å². The third-order valence-electron chi connectivity index (χ3n) is 3.30. The number of rotatable bonds is 5. The third-order valence-corrected chi connectivity index (χ3v) is 4.35. The predicted octanol–water partition coefficient (Wildman–Crippen LogP) is 3.76. The van der Waals surface area contributed by atoms with Crippen molar-refractivity contribution in [1.82, 2.24) is 10.3 Å². The van der Waals surface area contributed by atoms with E-state index in [1.807, 2.05) is 27.8 Å². The first-order chi connectivity index (χ1) is 9.51. The highest BCUT2D eigenvalue weighted by Crippen LogP contribution is 2.27. The molecule has 1 aromatic carbocycles. The maximum absolute atomic E-state index is 13.4. The number of nitrogens with one attached hydrogen (secondary N) is 1. The molecule has 0 spiro atoms.